The Balaban J connectivity index is 2.30. The Kier molecular flexibility index (Phi) is 4.17. The molecular formula is C16H12ClN. The number of rotatable bonds is 3. The summed E-state index contributed by atoms with van der Waals surface area (Å²) in [5.41, 5.74) is 3.06. The van der Waals surface area contributed by atoms with Crippen LogP contribution in [0.25, 0.3) is 12.2 Å². The minimum atomic E-state index is 0.420. The lowest BCUT2D eigenvalue weighted by Gasteiger charge is -2.01. The van der Waals surface area contributed by atoms with Crippen molar-refractivity contribution in [1.29, 1.82) is 5.26 Å². The second kappa shape index (κ2) is 6.05. The summed E-state index contributed by atoms with van der Waals surface area (Å²) in [7, 11) is 0. The van der Waals surface area contributed by atoms with E-state index in [9.17, 15) is 0 Å². The van der Waals surface area contributed by atoms with Crippen molar-refractivity contribution in [2.45, 2.75) is 6.42 Å². The van der Waals surface area contributed by atoms with Crippen LogP contribution in [0, 0.1) is 11.3 Å². The van der Waals surface area contributed by atoms with Gasteiger partial charge >= 0.3 is 0 Å². The molecule has 0 N–H and O–H groups in total. The summed E-state index contributed by atoms with van der Waals surface area (Å²) in [4.78, 5) is 0. The highest BCUT2D eigenvalue weighted by atomic mass is 35.5. The highest BCUT2D eigenvalue weighted by molar-refractivity contribution is 6.32. The van der Waals surface area contributed by atoms with Crippen LogP contribution in [0.5, 0.6) is 0 Å². The first-order chi connectivity index (χ1) is 8.81. The molecule has 0 aliphatic carbocycles. The van der Waals surface area contributed by atoms with E-state index >= 15 is 0 Å². The molecular weight excluding hydrogens is 242 g/mol. The van der Waals surface area contributed by atoms with Gasteiger partial charge in [-0.1, -0.05) is 66.2 Å². The third-order valence-electron chi connectivity index (χ3n) is 2.67. The Labute approximate surface area is 112 Å². The highest BCUT2D eigenvalue weighted by Crippen LogP contribution is 2.19. The van der Waals surface area contributed by atoms with Crippen molar-refractivity contribution < 1.29 is 0 Å². The molecule has 0 fully saturated rings. The second-order valence-corrected chi connectivity index (χ2v) is 4.30. The molecule has 0 bridgehead atoms. The first-order valence-electron chi connectivity index (χ1n) is 5.69. The Morgan fingerprint density at radius 3 is 2.28 bits per heavy atom. The Hall–Kier alpha value is -2.04. The molecule has 0 aliphatic heterocycles. The Bertz CT molecular complexity index is 608. The second-order valence-electron chi connectivity index (χ2n) is 3.89. The number of benzene rings is 2. The molecule has 88 valence electrons. The largest absolute Gasteiger partial charge is 0.198 e. The van der Waals surface area contributed by atoms with Crippen LogP contribution < -0.4 is 0 Å². The van der Waals surface area contributed by atoms with Crippen LogP contribution in [0.2, 0.25) is 5.02 Å². The van der Waals surface area contributed by atoms with Crippen LogP contribution in [-0.2, 0) is 6.42 Å². The fourth-order valence-electron chi connectivity index (χ4n) is 1.73. The van der Waals surface area contributed by atoms with Crippen LogP contribution in [0.4, 0.5) is 0 Å². The van der Waals surface area contributed by atoms with Gasteiger partial charge in [-0.15, -0.1) is 0 Å². The van der Waals surface area contributed by atoms with Crippen LogP contribution >= 0.6 is 11.6 Å². The van der Waals surface area contributed by atoms with Gasteiger partial charge in [0.15, 0.2) is 0 Å². The topological polar surface area (TPSA) is 23.8 Å². The zero-order valence-corrected chi connectivity index (χ0v) is 10.6. The van der Waals surface area contributed by atoms with E-state index in [1.54, 1.807) is 0 Å². The maximum absolute atomic E-state index is 8.78. The van der Waals surface area contributed by atoms with Gasteiger partial charge < -0.3 is 0 Å². The maximum Gasteiger partial charge on any atom is 0.0669 e. The highest BCUT2D eigenvalue weighted by Gasteiger charge is 1.98. The van der Waals surface area contributed by atoms with Crippen LogP contribution in [-0.4, -0.2) is 0 Å². The molecule has 0 atom stereocenters. The summed E-state index contributed by atoms with van der Waals surface area (Å²) in [6, 6.07) is 17.7. The smallest absolute Gasteiger partial charge is 0.0669 e. The number of nitriles is 1. The number of halogens is 1. The minimum Gasteiger partial charge on any atom is -0.198 e. The quantitative estimate of drug-likeness (QED) is 0.735. The fraction of sp³-hybridized carbons (Fsp3) is 0.0625. The van der Waals surface area contributed by atoms with Crippen LogP contribution in [0.15, 0.2) is 48.5 Å². The molecule has 18 heavy (non-hydrogen) atoms. The fourth-order valence-corrected chi connectivity index (χ4v) is 1.93. The SMILES string of the molecule is N#CCc1ccccc1/C=C/c1ccccc1Cl. The normalized spacial score (nSPS) is 10.4. The molecule has 0 amide bonds. The summed E-state index contributed by atoms with van der Waals surface area (Å²) in [6.07, 6.45) is 4.38. The molecule has 2 aromatic rings. The molecule has 0 aromatic heterocycles. The predicted molar refractivity (Wildman–Crippen MR) is 76.1 cm³/mol. The van der Waals surface area contributed by atoms with Gasteiger partial charge in [-0.05, 0) is 22.8 Å². The van der Waals surface area contributed by atoms with Crippen molar-refractivity contribution in [2.75, 3.05) is 0 Å². The third kappa shape index (κ3) is 3.00. The van der Waals surface area contributed by atoms with E-state index in [1.165, 1.54) is 0 Å². The number of nitrogens with zero attached hydrogens (tertiary/aromatic N) is 1. The lowest BCUT2D eigenvalue weighted by Crippen LogP contribution is -1.86. The summed E-state index contributed by atoms with van der Waals surface area (Å²) in [5, 5.41) is 9.51. The number of hydrogen-bond acceptors (Lipinski definition) is 1. The molecule has 0 unspecified atom stereocenters. The predicted octanol–water partition coefficient (Wildman–Crippen LogP) is 4.58. The van der Waals surface area contributed by atoms with Crippen molar-refractivity contribution in [1.82, 2.24) is 0 Å². The van der Waals surface area contributed by atoms with E-state index in [-0.39, 0.29) is 0 Å². The molecule has 2 rings (SSSR count). The van der Waals surface area contributed by atoms with Crippen molar-refractivity contribution in [3.63, 3.8) is 0 Å². The first-order valence-corrected chi connectivity index (χ1v) is 6.06. The van der Waals surface area contributed by atoms with Crippen molar-refractivity contribution in [2.24, 2.45) is 0 Å². The van der Waals surface area contributed by atoms with Gasteiger partial charge in [-0.2, -0.15) is 5.26 Å². The van der Waals surface area contributed by atoms with E-state index in [1.807, 2.05) is 60.7 Å². The van der Waals surface area contributed by atoms with E-state index < -0.39 is 0 Å². The maximum atomic E-state index is 8.78. The first kappa shape index (κ1) is 12.4. The third-order valence-corrected chi connectivity index (χ3v) is 3.02. The standard InChI is InChI=1S/C16H12ClN/c17-16-8-4-3-7-15(16)10-9-13-5-1-2-6-14(13)11-12-18/h1-10H,11H2/b10-9+. The van der Waals surface area contributed by atoms with Gasteiger partial charge in [0, 0.05) is 5.02 Å². The lowest BCUT2D eigenvalue weighted by atomic mass is 10.0. The molecule has 0 aliphatic rings. The average molecular weight is 254 g/mol. The van der Waals surface area contributed by atoms with E-state index in [0.717, 1.165) is 21.7 Å². The van der Waals surface area contributed by atoms with Gasteiger partial charge in [0.25, 0.3) is 0 Å². The Morgan fingerprint density at radius 2 is 1.56 bits per heavy atom. The van der Waals surface area contributed by atoms with Crippen LogP contribution in [0.1, 0.15) is 16.7 Å². The average Bonchev–Trinajstić information content (AvgIpc) is 2.40. The van der Waals surface area contributed by atoms with E-state index in [2.05, 4.69) is 6.07 Å². The summed E-state index contributed by atoms with van der Waals surface area (Å²) in [6.45, 7) is 0. The molecule has 0 saturated heterocycles. The lowest BCUT2D eigenvalue weighted by molar-refractivity contribution is 1.25. The van der Waals surface area contributed by atoms with Crippen LogP contribution in [0.3, 0.4) is 0 Å². The summed E-state index contributed by atoms with van der Waals surface area (Å²) >= 11 is 6.09. The Morgan fingerprint density at radius 1 is 0.944 bits per heavy atom. The van der Waals surface area contributed by atoms with Crippen molar-refractivity contribution in [3.8, 4) is 6.07 Å². The minimum absolute atomic E-state index is 0.420. The van der Waals surface area contributed by atoms with Gasteiger partial charge in [-0.3, -0.25) is 0 Å². The van der Waals surface area contributed by atoms with Gasteiger partial charge in [0.05, 0.1) is 12.5 Å². The molecule has 0 heterocycles. The van der Waals surface area contributed by atoms with Crippen molar-refractivity contribution in [3.05, 3.63) is 70.2 Å². The number of hydrogen-bond donors (Lipinski definition) is 0. The molecule has 1 nitrogen and oxygen atoms in total. The molecule has 2 aromatic carbocycles. The van der Waals surface area contributed by atoms with Gasteiger partial charge in [-0.25, -0.2) is 0 Å². The van der Waals surface area contributed by atoms with Crippen molar-refractivity contribution >= 4 is 23.8 Å². The summed E-state index contributed by atoms with van der Waals surface area (Å²) in [5.74, 6) is 0. The van der Waals surface area contributed by atoms with Gasteiger partial charge in [0.2, 0.25) is 0 Å². The molecule has 0 radical (unpaired) electrons. The molecule has 0 spiro atoms. The van der Waals surface area contributed by atoms with Gasteiger partial charge in [0.1, 0.15) is 0 Å². The monoisotopic (exact) mass is 253 g/mol. The molecule has 2 heteroatoms. The van der Waals surface area contributed by atoms with E-state index in [4.69, 9.17) is 16.9 Å². The zero-order valence-electron chi connectivity index (χ0n) is 9.81. The zero-order chi connectivity index (χ0) is 12.8. The summed E-state index contributed by atoms with van der Waals surface area (Å²) < 4.78 is 0. The van der Waals surface area contributed by atoms with E-state index in [0.29, 0.717) is 6.42 Å². The molecule has 0 saturated carbocycles.